The van der Waals surface area contributed by atoms with Crippen LogP contribution in [0.2, 0.25) is 0 Å². The van der Waals surface area contributed by atoms with E-state index in [1.165, 1.54) is 13.2 Å². The van der Waals surface area contributed by atoms with Crippen molar-refractivity contribution in [1.82, 2.24) is 20.7 Å². The van der Waals surface area contributed by atoms with Crippen LogP contribution in [0.5, 0.6) is 5.88 Å². The minimum atomic E-state index is -5.08. The predicted molar refractivity (Wildman–Crippen MR) is 129 cm³/mol. The number of amides is 2. The largest absolute Gasteiger partial charge is 0.490 e. The molecule has 15 nitrogen and oxygen atoms in total. The van der Waals surface area contributed by atoms with Crippen LogP contribution in [-0.2, 0) is 19.1 Å². The van der Waals surface area contributed by atoms with Crippen LogP contribution in [0.15, 0.2) is 10.6 Å². The van der Waals surface area contributed by atoms with Crippen molar-refractivity contribution >= 4 is 29.9 Å². The number of hydrogen-bond donors (Lipinski definition) is 5. The number of esters is 1. The third kappa shape index (κ3) is 12.5. The number of aromatic nitrogens is 1. The smallest absolute Gasteiger partial charge is 0.475 e. The molecule has 1 aromatic rings. The molecule has 1 aromatic heterocycles. The predicted octanol–water partition coefficient (Wildman–Crippen LogP) is 1.09. The zero-order valence-electron chi connectivity index (χ0n) is 21.9. The molecule has 2 rings (SSSR count). The number of halogens is 3. The molecule has 6 N–H and O–H groups in total. The molecule has 0 radical (unpaired) electrons. The number of nitrogens with zero attached hydrogens (tertiary/aromatic N) is 2. The van der Waals surface area contributed by atoms with Crippen molar-refractivity contribution in [2.24, 2.45) is 11.7 Å². The Bertz CT molecular complexity index is 997. The Hall–Kier alpha value is -4.25. The Morgan fingerprint density at radius 3 is 2.45 bits per heavy atom. The van der Waals surface area contributed by atoms with Crippen LogP contribution < -0.4 is 21.1 Å². The summed E-state index contributed by atoms with van der Waals surface area (Å²) in [6, 6.07) is 0.215. The van der Waals surface area contributed by atoms with E-state index in [2.05, 4.69) is 20.5 Å². The zero-order chi connectivity index (χ0) is 30.3. The number of carboxylic acid groups (broad SMARTS) is 1. The van der Waals surface area contributed by atoms with Gasteiger partial charge in [0.05, 0.1) is 26.4 Å². The summed E-state index contributed by atoms with van der Waals surface area (Å²) in [5, 5.41) is 23.2. The molecule has 2 heterocycles. The molecule has 226 valence electrons. The van der Waals surface area contributed by atoms with Crippen molar-refractivity contribution in [2.75, 3.05) is 40.0 Å². The first-order valence-electron chi connectivity index (χ1n) is 12.1. The van der Waals surface area contributed by atoms with Gasteiger partial charge in [-0.2, -0.15) is 13.2 Å². The van der Waals surface area contributed by atoms with Gasteiger partial charge in [-0.15, -0.1) is 0 Å². The first kappa shape index (κ1) is 33.8. The molecule has 1 fully saturated rings. The average Bonchev–Trinajstić information content (AvgIpc) is 3.38. The van der Waals surface area contributed by atoms with Gasteiger partial charge in [0.1, 0.15) is 6.04 Å². The average molecular weight is 583 g/mol. The number of hydrogen-bond acceptors (Lipinski definition) is 10. The molecule has 1 saturated heterocycles. The summed E-state index contributed by atoms with van der Waals surface area (Å²) in [6.45, 7) is 3.72. The Morgan fingerprint density at radius 1 is 1.30 bits per heavy atom. The Labute approximate surface area is 226 Å². The van der Waals surface area contributed by atoms with Gasteiger partial charge in [-0.3, -0.25) is 10.2 Å². The highest BCUT2D eigenvalue weighted by molar-refractivity contribution is 5.92. The van der Waals surface area contributed by atoms with Crippen LogP contribution in [0.1, 0.15) is 43.2 Å². The van der Waals surface area contributed by atoms with Gasteiger partial charge in [-0.1, -0.05) is 13.3 Å². The minimum absolute atomic E-state index is 0.0690. The maximum Gasteiger partial charge on any atom is 0.490 e. The van der Waals surface area contributed by atoms with Crippen LogP contribution in [0.4, 0.5) is 18.0 Å². The highest BCUT2D eigenvalue weighted by atomic mass is 19.4. The Morgan fingerprint density at radius 2 is 1.93 bits per heavy atom. The lowest BCUT2D eigenvalue weighted by Crippen LogP contribution is -2.49. The molecular formula is C22H33F3N6O9. The lowest BCUT2D eigenvalue weighted by atomic mass is 9.98. The van der Waals surface area contributed by atoms with Gasteiger partial charge in [-0.25, -0.2) is 14.4 Å². The van der Waals surface area contributed by atoms with Gasteiger partial charge >= 0.3 is 24.2 Å². The van der Waals surface area contributed by atoms with E-state index in [0.717, 1.165) is 19.3 Å². The summed E-state index contributed by atoms with van der Waals surface area (Å²) in [7, 11) is 1.17. The van der Waals surface area contributed by atoms with E-state index in [9.17, 15) is 27.6 Å². The number of guanidine groups is 1. The maximum absolute atomic E-state index is 12.3. The lowest BCUT2D eigenvalue weighted by molar-refractivity contribution is -0.192. The molecule has 0 saturated carbocycles. The first-order valence-corrected chi connectivity index (χ1v) is 12.1. The van der Waals surface area contributed by atoms with Crippen LogP contribution in [-0.4, -0.2) is 97.2 Å². The molecule has 0 aromatic carbocycles. The number of carbonyl (C=O) groups excluding carboxylic acids is 3. The number of alkyl halides is 3. The van der Waals surface area contributed by atoms with Crippen molar-refractivity contribution < 1.29 is 56.2 Å². The Kier molecular flexibility index (Phi) is 14.1. The number of piperidine rings is 1. The highest BCUT2D eigenvalue weighted by Gasteiger charge is 2.38. The number of ether oxygens (including phenoxy) is 3. The molecule has 0 unspecified atom stereocenters. The van der Waals surface area contributed by atoms with E-state index >= 15 is 0 Å². The van der Waals surface area contributed by atoms with Crippen molar-refractivity contribution in [3.05, 3.63) is 11.8 Å². The number of rotatable bonds is 11. The van der Waals surface area contributed by atoms with Crippen LogP contribution in [0, 0.1) is 11.3 Å². The topological polar surface area (TPSA) is 219 Å². The van der Waals surface area contributed by atoms with Crippen molar-refractivity contribution in [3.63, 3.8) is 0 Å². The fourth-order valence-electron chi connectivity index (χ4n) is 3.09. The van der Waals surface area contributed by atoms with E-state index in [1.54, 1.807) is 4.90 Å². The molecule has 1 aliphatic rings. The molecule has 1 aliphatic heterocycles. The third-order valence-corrected chi connectivity index (χ3v) is 5.35. The van der Waals surface area contributed by atoms with Crippen molar-refractivity contribution in [3.8, 4) is 5.88 Å². The van der Waals surface area contributed by atoms with E-state index in [1.807, 2.05) is 6.92 Å². The van der Waals surface area contributed by atoms with Gasteiger partial charge < -0.3 is 45.1 Å². The number of nitrogens with one attached hydrogen (secondary N) is 3. The molecular weight excluding hydrogens is 549 g/mol. The van der Waals surface area contributed by atoms with Gasteiger partial charge in [0.2, 0.25) is 5.76 Å². The summed E-state index contributed by atoms with van der Waals surface area (Å²) in [5.41, 5.74) is 5.49. The fraction of sp³-hybridized carbons (Fsp3) is 0.636. The second-order valence-electron chi connectivity index (χ2n) is 8.38. The van der Waals surface area contributed by atoms with Crippen LogP contribution in [0.3, 0.4) is 0 Å². The lowest BCUT2D eigenvalue weighted by Gasteiger charge is -2.31. The molecule has 40 heavy (non-hydrogen) atoms. The summed E-state index contributed by atoms with van der Waals surface area (Å²) < 4.78 is 52.0. The van der Waals surface area contributed by atoms with Gasteiger partial charge in [0.25, 0.3) is 11.8 Å². The fourth-order valence-corrected chi connectivity index (χ4v) is 3.09. The number of nitrogens with two attached hydrogens (primary N) is 1. The highest BCUT2D eigenvalue weighted by Crippen LogP contribution is 2.19. The van der Waals surface area contributed by atoms with E-state index < -0.39 is 36.2 Å². The number of aliphatic carboxylic acids is 1. The van der Waals surface area contributed by atoms with Crippen LogP contribution in [0.25, 0.3) is 0 Å². The number of unbranched alkanes of at least 4 members (excludes halogenated alkanes) is 1. The number of alkyl carbamates (subject to hydrolysis) is 1. The summed E-state index contributed by atoms with van der Waals surface area (Å²) in [6.07, 6.45) is -2.66. The standard InChI is InChI=1S/C20H32N6O7.C2HF3O2/c1-3-4-9-31-20(29)24-14(18(28)30-2)11-23-17(27)15-10-16(25-33-15)32-12-13-5-7-26(8-6-13)19(21)22;3-2(4,5)1(6)7/h10,13-14H,3-9,11-12H2,1-2H3,(H3,21,22)(H,23,27)(H,24,29);(H,6,7)/t14-;/m0./s1. The minimum Gasteiger partial charge on any atom is -0.475 e. The maximum atomic E-state index is 12.3. The molecule has 2 amide bonds. The number of likely N-dealkylation sites (tertiary alicyclic amines) is 1. The van der Waals surface area contributed by atoms with E-state index in [4.69, 9.17) is 35.0 Å². The SMILES string of the molecule is CCCCOC(=O)N[C@@H](CNC(=O)c1cc(OCC2CCN(C(=N)N)CC2)no1)C(=O)OC.O=C(O)C(F)(F)F. The van der Waals surface area contributed by atoms with E-state index in [0.29, 0.717) is 26.1 Å². The van der Waals surface area contributed by atoms with Crippen LogP contribution >= 0.6 is 0 Å². The van der Waals surface area contributed by atoms with E-state index in [-0.39, 0.29) is 36.7 Å². The van der Waals surface area contributed by atoms with Crippen molar-refractivity contribution in [2.45, 2.75) is 44.8 Å². The van der Waals surface area contributed by atoms with Gasteiger partial charge in [0, 0.05) is 19.6 Å². The summed E-state index contributed by atoms with van der Waals surface area (Å²) in [4.78, 5) is 46.7. The second-order valence-corrected chi connectivity index (χ2v) is 8.38. The normalized spacial score (nSPS) is 14.2. The second kappa shape index (κ2) is 16.7. The van der Waals surface area contributed by atoms with Gasteiger partial charge in [-0.05, 0) is 30.3 Å². The number of methoxy groups -OCH3 is 1. The number of carbonyl (C=O) groups is 4. The molecule has 18 heteroatoms. The first-order chi connectivity index (χ1) is 18.8. The quantitative estimate of drug-likeness (QED) is 0.107. The molecule has 0 aliphatic carbocycles. The Balaban J connectivity index is 0.00000101. The molecule has 0 spiro atoms. The third-order valence-electron chi connectivity index (χ3n) is 5.35. The summed E-state index contributed by atoms with van der Waals surface area (Å²) >= 11 is 0. The van der Waals surface area contributed by atoms with Crippen molar-refractivity contribution in [1.29, 1.82) is 5.41 Å². The summed E-state index contributed by atoms with van der Waals surface area (Å²) in [5.74, 6) is -3.73. The monoisotopic (exact) mass is 582 g/mol. The van der Waals surface area contributed by atoms with Gasteiger partial charge in [0.15, 0.2) is 5.96 Å². The zero-order valence-corrected chi connectivity index (χ0v) is 21.9. The molecule has 1 atom stereocenters. The molecule has 0 bridgehead atoms. The number of carboxylic acids is 1.